The van der Waals surface area contributed by atoms with Gasteiger partial charge in [0.05, 0.1) is 5.41 Å². The number of carbonyl (C=O) groups is 3. The molecule has 0 N–H and O–H groups in total. The van der Waals surface area contributed by atoms with Gasteiger partial charge < -0.3 is 14.7 Å². The summed E-state index contributed by atoms with van der Waals surface area (Å²) >= 11 is 0. The Hall–Kier alpha value is -2.37. The molecule has 140 valence electrons. The van der Waals surface area contributed by atoms with Gasteiger partial charge >= 0.3 is 0 Å². The van der Waals surface area contributed by atoms with E-state index in [0.717, 1.165) is 17.7 Å². The lowest BCUT2D eigenvalue weighted by Gasteiger charge is -2.35. The molecule has 0 unspecified atom stereocenters. The Morgan fingerprint density at radius 1 is 1.08 bits per heavy atom. The van der Waals surface area contributed by atoms with Crippen molar-refractivity contribution in [3.63, 3.8) is 0 Å². The van der Waals surface area contributed by atoms with Crippen molar-refractivity contribution in [2.24, 2.45) is 0 Å². The molecule has 2 aliphatic rings. The summed E-state index contributed by atoms with van der Waals surface area (Å²) in [6.45, 7) is 8.05. The Morgan fingerprint density at radius 2 is 1.69 bits per heavy atom. The third kappa shape index (κ3) is 2.97. The van der Waals surface area contributed by atoms with E-state index in [1.54, 1.807) is 22.9 Å². The van der Waals surface area contributed by atoms with Crippen LogP contribution in [0.15, 0.2) is 18.2 Å². The highest BCUT2D eigenvalue weighted by Crippen LogP contribution is 2.41. The van der Waals surface area contributed by atoms with Gasteiger partial charge in [-0.3, -0.25) is 14.4 Å². The Morgan fingerprint density at radius 3 is 2.31 bits per heavy atom. The molecule has 0 spiro atoms. The molecule has 3 rings (SSSR count). The minimum atomic E-state index is -0.619. The van der Waals surface area contributed by atoms with Crippen molar-refractivity contribution < 1.29 is 14.4 Å². The summed E-state index contributed by atoms with van der Waals surface area (Å²) in [5.41, 5.74) is 1.75. The number of nitrogens with zero attached hydrogens (tertiary/aromatic N) is 3. The van der Waals surface area contributed by atoms with E-state index in [0.29, 0.717) is 38.2 Å². The Bertz CT molecular complexity index is 749. The molecule has 1 aromatic rings. The molecule has 1 aromatic carbocycles. The van der Waals surface area contributed by atoms with Crippen LogP contribution in [0.2, 0.25) is 0 Å². The predicted molar refractivity (Wildman–Crippen MR) is 100 cm³/mol. The van der Waals surface area contributed by atoms with Gasteiger partial charge in [-0.25, -0.2) is 0 Å². The summed E-state index contributed by atoms with van der Waals surface area (Å²) in [5, 5.41) is 0. The molecule has 0 radical (unpaired) electrons. The van der Waals surface area contributed by atoms with Gasteiger partial charge in [0, 0.05) is 50.9 Å². The Labute approximate surface area is 154 Å². The van der Waals surface area contributed by atoms with Crippen molar-refractivity contribution in [1.82, 2.24) is 9.80 Å². The second-order valence-corrected chi connectivity index (χ2v) is 7.64. The van der Waals surface area contributed by atoms with Crippen molar-refractivity contribution in [3.8, 4) is 0 Å². The van der Waals surface area contributed by atoms with Gasteiger partial charge in [-0.1, -0.05) is 6.92 Å². The number of carbonyl (C=O) groups excluding carboxylic acids is 3. The molecule has 3 amide bonds. The van der Waals surface area contributed by atoms with E-state index < -0.39 is 5.41 Å². The maximum Gasteiger partial charge on any atom is 0.253 e. The lowest BCUT2D eigenvalue weighted by Crippen LogP contribution is -2.50. The van der Waals surface area contributed by atoms with Crippen molar-refractivity contribution in [2.75, 3.05) is 38.1 Å². The molecule has 0 atom stereocenters. The SMILES string of the molecule is CCCC(=O)N1CCN(C(=O)c2ccc3c(c2)C(C)(C)C(=O)N3C)CC1. The fourth-order valence-corrected chi connectivity index (χ4v) is 3.82. The maximum absolute atomic E-state index is 12.9. The van der Waals surface area contributed by atoms with Crippen LogP contribution in [-0.2, 0) is 15.0 Å². The molecule has 0 aromatic heterocycles. The van der Waals surface area contributed by atoms with Gasteiger partial charge in [-0.05, 0) is 44.0 Å². The molecule has 6 heteroatoms. The summed E-state index contributed by atoms with van der Waals surface area (Å²) < 4.78 is 0. The van der Waals surface area contributed by atoms with E-state index in [-0.39, 0.29) is 17.7 Å². The van der Waals surface area contributed by atoms with Gasteiger partial charge in [0.2, 0.25) is 11.8 Å². The second kappa shape index (κ2) is 6.74. The fourth-order valence-electron chi connectivity index (χ4n) is 3.82. The van der Waals surface area contributed by atoms with Gasteiger partial charge in [-0.2, -0.15) is 0 Å². The van der Waals surface area contributed by atoms with Crippen molar-refractivity contribution >= 4 is 23.4 Å². The standard InChI is InChI=1S/C20H27N3O3/c1-5-6-17(24)22-9-11-23(12-10-22)18(25)14-7-8-16-15(13-14)20(2,3)19(26)21(16)4/h7-8,13H,5-6,9-12H2,1-4H3. The molecule has 2 aliphatic heterocycles. The molecule has 26 heavy (non-hydrogen) atoms. The van der Waals surface area contributed by atoms with Crippen LogP contribution in [0.5, 0.6) is 0 Å². The number of rotatable bonds is 3. The number of hydrogen-bond donors (Lipinski definition) is 0. The van der Waals surface area contributed by atoms with Gasteiger partial charge in [0.15, 0.2) is 0 Å². The van der Waals surface area contributed by atoms with Gasteiger partial charge in [0.1, 0.15) is 0 Å². The number of anilines is 1. The van der Waals surface area contributed by atoms with Crippen LogP contribution in [0.25, 0.3) is 0 Å². The van der Waals surface area contributed by atoms with Crippen LogP contribution in [0, 0.1) is 0 Å². The third-order valence-electron chi connectivity index (χ3n) is 5.50. The molecule has 0 bridgehead atoms. The van der Waals surface area contributed by atoms with E-state index in [1.165, 1.54) is 0 Å². The lowest BCUT2D eigenvalue weighted by atomic mass is 9.85. The zero-order chi connectivity index (χ0) is 19.1. The van der Waals surface area contributed by atoms with Crippen LogP contribution in [-0.4, -0.2) is 60.7 Å². The molecule has 0 saturated carbocycles. The maximum atomic E-state index is 12.9. The van der Waals surface area contributed by atoms with E-state index in [1.807, 2.05) is 37.8 Å². The summed E-state index contributed by atoms with van der Waals surface area (Å²) in [4.78, 5) is 42.6. The third-order valence-corrected chi connectivity index (χ3v) is 5.50. The molecular weight excluding hydrogens is 330 g/mol. The van der Waals surface area contributed by atoms with Crippen molar-refractivity contribution in [3.05, 3.63) is 29.3 Å². The predicted octanol–water partition coefficient (Wildman–Crippen LogP) is 2.03. The highest BCUT2D eigenvalue weighted by Gasteiger charge is 2.42. The average Bonchev–Trinajstić information content (AvgIpc) is 2.82. The summed E-state index contributed by atoms with van der Waals surface area (Å²) in [6, 6.07) is 5.50. The average molecular weight is 357 g/mol. The molecular formula is C20H27N3O3. The molecule has 1 fully saturated rings. The van der Waals surface area contributed by atoms with Gasteiger partial charge in [-0.15, -0.1) is 0 Å². The van der Waals surface area contributed by atoms with Crippen molar-refractivity contribution in [1.29, 1.82) is 0 Å². The minimum absolute atomic E-state index is 0.0341. The van der Waals surface area contributed by atoms with E-state index in [9.17, 15) is 14.4 Å². The topological polar surface area (TPSA) is 60.9 Å². The first-order valence-corrected chi connectivity index (χ1v) is 9.27. The van der Waals surface area contributed by atoms with Crippen LogP contribution >= 0.6 is 0 Å². The smallest absolute Gasteiger partial charge is 0.253 e. The van der Waals surface area contributed by atoms with Crippen LogP contribution in [0.3, 0.4) is 0 Å². The summed E-state index contributed by atoms with van der Waals surface area (Å²) in [7, 11) is 1.77. The Kier molecular flexibility index (Phi) is 4.78. The van der Waals surface area contributed by atoms with Crippen LogP contribution < -0.4 is 4.90 Å². The van der Waals surface area contributed by atoms with Gasteiger partial charge in [0.25, 0.3) is 5.91 Å². The molecule has 1 saturated heterocycles. The number of amides is 3. The lowest BCUT2D eigenvalue weighted by molar-refractivity contribution is -0.132. The summed E-state index contributed by atoms with van der Waals surface area (Å²) in [5.74, 6) is 0.175. The Balaban J connectivity index is 1.74. The van der Waals surface area contributed by atoms with Crippen LogP contribution in [0.1, 0.15) is 49.5 Å². The van der Waals surface area contributed by atoms with Crippen molar-refractivity contribution in [2.45, 2.75) is 39.0 Å². The number of hydrogen-bond acceptors (Lipinski definition) is 3. The summed E-state index contributed by atoms with van der Waals surface area (Å²) in [6.07, 6.45) is 1.41. The number of piperazine rings is 1. The first-order valence-electron chi connectivity index (χ1n) is 9.27. The zero-order valence-electron chi connectivity index (χ0n) is 16.0. The minimum Gasteiger partial charge on any atom is -0.339 e. The second-order valence-electron chi connectivity index (χ2n) is 7.64. The van der Waals surface area contributed by atoms with E-state index >= 15 is 0 Å². The monoisotopic (exact) mass is 357 g/mol. The highest BCUT2D eigenvalue weighted by atomic mass is 16.2. The quantitative estimate of drug-likeness (QED) is 0.832. The normalized spacial score (nSPS) is 18.9. The highest BCUT2D eigenvalue weighted by molar-refractivity contribution is 6.08. The molecule has 2 heterocycles. The van der Waals surface area contributed by atoms with E-state index in [2.05, 4.69) is 0 Å². The first kappa shape index (κ1) is 18.4. The number of likely N-dealkylation sites (N-methyl/N-ethyl adjacent to an activating group) is 1. The zero-order valence-corrected chi connectivity index (χ0v) is 16.0. The molecule has 6 nitrogen and oxygen atoms in total. The number of benzene rings is 1. The number of fused-ring (bicyclic) bond motifs is 1. The molecule has 0 aliphatic carbocycles. The fraction of sp³-hybridized carbons (Fsp3) is 0.550. The largest absolute Gasteiger partial charge is 0.339 e. The van der Waals surface area contributed by atoms with E-state index in [4.69, 9.17) is 0 Å². The van der Waals surface area contributed by atoms with Crippen LogP contribution in [0.4, 0.5) is 5.69 Å². The first-order chi connectivity index (χ1) is 12.3.